The van der Waals surface area contributed by atoms with Crippen molar-refractivity contribution in [1.29, 1.82) is 0 Å². The molecule has 1 saturated carbocycles. The lowest BCUT2D eigenvalue weighted by Gasteiger charge is -2.48. The lowest BCUT2D eigenvalue weighted by Crippen LogP contribution is -2.53. The minimum absolute atomic E-state index is 0.279. The highest BCUT2D eigenvalue weighted by Gasteiger charge is 2.45. The highest BCUT2D eigenvalue weighted by atomic mass is 35.5. The summed E-state index contributed by atoms with van der Waals surface area (Å²) in [5.41, 5.74) is 0.804. The van der Waals surface area contributed by atoms with E-state index < -0.39 is 5.60 Å². The molecule has 18 heavy (non-hydrogen) atoms. The summed E-state index contributed by atoms with van der Waals surface area (Å²) in [6.45, 7) is 0.903. The van der Waals surface area contributed by atoms with Crippen LogP contribution >= 0.6 is 11.6 Å². The number of piperidine rings is 1. The summed E-state index contributed by atoms with van der Waals surface area (Å²) >= 11 is 5.95. The molecule has 0 spiro atoms. The normalized spacial score (nSPS) is 36.1. The number of fused-ring (bicyclic) bond motifs is 1. The second-order valence-corrected chi connectivity index (χ2v) is 6.13. The van der Waals surface area contributed by atoms with Crippen LogP contribution in [-0.2, 0) is 0 Å². The number of aliphatic hydroxyl groups is 1. The fourth-order valence-corrected chi connectivity index (χ4v) is 3.77. The van der Waals surface area contributed by atoms with E-state index in [4.69, 9.17) is 11.6 Å². The molecule has 2 aliphatic rings. The third-order valence-corrected chi connectivity index (χ3v) is 4.87. The van der Waals surface area contributed by atoms with E-state index in [0.717, 1.165) is 30.8 Å². The topological polar surface area (TPSA) is 32.3 Å². The molecule has 2 fully saturated rings. The van der Waals surface area contributed by atoms with Gasteiger partial charge in [-0.15, -0.1) is 0 Å². The van der Waals surface area contributed by atoms with Crippen LogP contribution in [0, 0.1) is 5.92 Å². The number of halogens is 1. The van der Waals surface area contributed by atoms with Crippen LogP contribution in [0.1, 0.15) is 43.7 Å². The Kier molecular flexibility index (Phi) is 3.35. The second-order valence-electron chi connectivity index (χ2n) is 5.69. The first-order chi connectivity index (χ1) is 8.69. The lowest BCUT2D eigenvalue weighted by atomic mass is 9.67. The zero-order valence-corrected chi connectivity index (χ0v) is 11.3. The van der Waals surface area contributed by atoms with Crippen molar-refractivity contribution in [3.05, 3.63) is 34.9 Å². The predicted octanol–water partition coefficient (Wildman–Crippen LogP) is 3.30. The molecule has 1 aromatic rings. The third kappa shape index (κ3) is 2.18. The van der Waals surface area contributed by atoms with Gasteiger partial charge < -0.3 is 10.4 Å². The minimum atomic E-state index is -0.451. The van der Waals surface area contributed by atoms with E-state index in [1.165, 1.54) is 18.4 Å². The van der Waals surface area contributed by atoms with Crippen LogP contribution in [0.15, 0.2) is 24.3 Å². The monoisotopic (exact) mass is 265 g/mol. The van der Waals surface area contributed by atoms with Crippen molar-refractivity contribution in [3.8, 4) is 0 Å². The first-order valence-corrected chi connectivity index (χ1v) is 7.28. The van der Waals surface area contributed by atoms with Gasteiger partial charge in [0, 0.05) is 17.0 Å². The fourth-order valence-electron chi connectivity index (χ4n) is 3.64. The Hall–Kier alpha value is -0.570. The van der Waals surface area contributed by atoms with Gasteiger partial charge in [-0.3, -0.25) is 0 Å². The van der Waals surface area contributed by atoms with E-state index in [2.05, 4.69) is 17.4 Å². The molecule has 1 aliphatic carbocycles. The molecule has 0 aromatic heterocycles. The molecule has 1 aromatic carbocycles. The SMILES string of the molecule is OC12CCCCC1C(c1ccc(Cl)cc1)NCC2. The van der Waals surface area contributed by atoms with Gasteiger partial charge in [0.1, 0.15) is 0 Å². The molecule has 0 amide bonds. The molecule has 3 atom stereocenters. The Bertz CT molecular complexity index is 415. The highest BCUT2D eigenvalue weighted by molar-refractivity contribution is 6.30. The van der Waals surface area contributed by atoms with Gasteiger partial charge in [0.25, 0.3) is 0 Å². The van der Waals surface area contributed by atoms with Crippen molar-refractivity contribution in [2.45, 2.75) is 43.7 Å². The Morgan fingerprint density at radius 3 is 2.72 bits per heavy atom. The fraction of sp³-hybridized carbons (Fsp3) is 0.600. The second kappa shape index (κ2) is 4.84. The minimum Gasteiger partial charge on any atom is -0.389 e. The molecule has 3 unspecified atom stereocenters. The molecule has 1 saturated heterocycles. The van der Waals surface area contributed by atoms with E-state index in [0.29, 0.717) is 5.92 Å². The first-order valence-electron chi connectivity index (χ1n) is 6.90. The molecule has 1 aliphatic heterocycles. The van der Waals surface area contributed by atoms with Gasteiger partial charge >= 0.3 is 0 Å². The number of nitrogens with one attached hydrogen (secondary N) is 1. The van der Waals surface area contributed by atoms with Gasteiger partial charge in [-0.1, -0.05) is 36.6 Å². The summed E-state index contributed by atoms with van der Waals surface area (Å²) in [6.07, 6.45) is 5.38. The Morgan fingerprint density at radius 2 is 1.94 bits per heavy atom. The summed E-state index contributed by atoms with van der Waals surface area (Å²) in [4.78, 5) is 0. The van der Waals surface area contributed by atoms with Gasteiger partial charge in [-0.2, -0.15) is 0 Å². The van der Waals surface area contributed by atoms with E-state index in [-0.39, 0.29) is 6.04 Å². The van der Waals surface area contributed by atoms with Crippen molar-refractivity contribution in [1.82, 2.24) is 5.32 Å². The van der Waals surface area contributed by atoms with Gasteiger partial charge in [-0.05, 0) is 43.5 Å². The number of hydrogen-bond acceptors (Lipinski definition) is 2. The molecule has 2 nitrogen and oxygen atoms in total. The first kappa shape index (κ1) is 12.5. The van der Waals surface area contributed by atoms with Crippen LogP contribution in [-0.4, -0.2) is 17.3 Å². The predicted molar refractivity (Wildman–Crippen MR) is 73.7 cm³/mol. The molecule has 0 radical (unpaired) electrons. The maximum atomic E-state index is 10.8. The van der Waals surface area contributed by atoms with E-state index in [1.54, 1.807) is 0 Å². The quantitative estimate of drug-likeness (QED) is 0.817. The van der Waals surface area contributed by atoms with E-state index in [1.807, 2.05) is 12.1 Å². The molecule has 3 heteroatoms. The Balaban J connectivity index is 1.88. The average molecular weight is 266 g/mol. The zero-order chi connectivity index (χ0) is 12.6. The summed E-state index contributed by atoms with van der Waals surface area (Å²) in [7, 11) is 0. The molecule has 0 bridgehead atoms. The maximum Gasteiger partial charge on any atom is 0.0706 e. The number of rotatable bonds is 1. The van der Waals surface area contributed by atoms with E-state index >= 15 is 0 Å². The van der Waals surface area contributed by atoms with Crippen molar-refractivity contribution < 1.29 is 5.11 Å². The van der Waals surface area contributed by atoms with Crippen LogP contribution in [0.5, 0.6) is 0 Å². The van der Waals surface area contributed by atoms with Gasteiger partial charge in [-0.25, -0.2) is 0 Å². The van der Waals surface area contributed by atoms with Crippen molar-refractivity contribution in [3.63, 3.8) is 0 Å². The summed E-state index contributed by atoms with van der Waals surface area (Å²) in [6, 6.07) is 8.33. The Morgan fingerprint density at radius 1 is 1.17 bits per heavy atom. The highest BCUT2D eigenvalue weighted by Crippen LogP contribution is 2.45. The van der Waals surface area contributed by atoms with Crippen LogP contribution < -0.4 is 5.32 Å². The molecule has 1 heterocycles. The molecule has 98 valence electrons. The van der Waals surface area contributed by atoms with Crippen molar-refractivity contribution in [2.75, 3.05) is 6.54 Å². The van der Waals surface area contributed by atoms with Gasteiger partial charge in [0.15, 0.2) is 0 Å². The smallest absolute Gasteiger partial charge is 0.0706 e. The molecule has 3 rings (SSSR count). The van der Waals surface area contributed by atoms with Crippen LogP contribution in [0.3, 0.4) is 0 Å². The van der Waals surface area contributed by atoms with Crippen LogP contribution in [0.25, 0.3) is 0 Å². The van der Waals surface area contributed by atoms with Crippen LogP contribution in [0.4, 0.5) is 0 Å². The van der Waals surface area contributed by atoms with Crippen molar-refractivity contribution in [2.24, 2.45) is 5.92 Å². The average Bonchev–Trinajstić information content (AvgIpc) is 2.38. The standard InChI is InChI=1S/C15H20ClNO/c16-12-6-4-11(5-7-12)14-13-3-1-2-8-15(13,18)9-10-17-14/h4-7,13-14,17-18H,1-3,8-10H2. The van der Waals surface area contributed by atoms with Gasteiger partial charge in [0.2, 0.25) is 0 Å². The van der Waals surface area contributed by atoms with Crippen LogP contribution in [0.2, 0.25) is 5.02 Å². The summed E-state index contributed by atoms with van der Waals surface area (Å²) in [5.74, 6) is 0.348. The molecule has 2 N–H and O–H groups in total. The Labute approximate surface area is 113 Å². The molecular weight excluding hydrogens is 246 g/mol. The maximum absolute atomic E-state index is 10.8. The lowest BCUT2D eigenvalue weighted by molar-refractivity contribution is -0.0861. The third-order valence-electron chi connectivity index (χ3n) is 4.62. The van der Waals surface area contributed by atoms with Gasteiger partial charge in [0.05, 0.1) is 5.60 Å². The zero-order valence-electron chi connectivity index (χ0n) is 10.5. The molecular formula is C15H20ClNO. The largest absolute Gasteiger partial charge is 0.389 e. The summed E-state index contributed by atoms with van der Waals surface area (Å²) in [5, 5.41) is 15.2. The van der Waals surface area contributed by atoms with E-state index in [9.17, 15) is 5.11 Å². The number of benzene rings is 1. The van der Waals surface area contributed by atoms with Crippen molar-refractivity contribution >= 4 is 11.6 Å². The number of hydrogen-bond donors (Lipinski definition) is 2. The summed E-state index contributed by atoms with van der Waals surface area (Å²) < 4.78 is 0.